The standard InChI is InChI=1S/C14H19N3O4/c1-14(2,13(20)21)8-3-5-9(6-4-8)17-12(19)10(15)7-11(16)18/h3-6,10H,7,15H2,1-2H3,(H2,16,18)(H,17,19)(H,20,21). The van der Waals surface area contributed by atoms with E-state index in [1.54, 1.807) is 38.1 Å². The minimum absolute atomic E-state index is 0.240. The number of primary amides is 1. The smallest absolute Gasteiger partial charge is 0.313 e. The molecule has 0 saturated carbocycles. The topological polar surface area (TPSA) is 136 Å². The third-order valence-corrected chi connectivity index (χ3v) is 3.17. The summed E-state index contributed by atoms with van der Waals surface area (Å²) in [6.07, 6.45) is -0.240. The number of carbonyl (C=O) groups is 3. The highest BCUT2D eigenvalue weighted by Crippen LogP contribution is 2.24. The molecule has 6 N–H and O–H groups in total. The van der Waals surface area contributed by atoms with Crippen molar-refractivity contribution in [1.29, 1.82) is 0 Å². The molecule has 21 heavy (non-hydrogen) atoms. The van der Waals surface area contributed by atoms with Gasteiger partial charge in [0.1, 0.15) is 0 Å². The first-order chi connectivity index (χ1) is 9.64. The van der Waals surface area contributed by atoms with Gasteiger partial charge in [0.25, 0.3) is 0 Å². The van der Waals surface area contributed by atoms with E-state index in [0.717, 1.165) is 0 Å². The zero-order valence-electron chi connectivity index (χ0n) is 11.9. The molecule has 0 spiro atoms. The molecule has 7 nitrogen and oxygen atoms in total. The van der Waals surface area contributed by atoms with Crippen LogP contribution >= 0.6 is 0 Å². The zero-order chi connectivity index (χ0) is 16.2. The van der Waals surface area contributed by atoms with Gasteiger partial charge in [0, 0.05) is 5.69 Å². The summed E-state index contributed by atoms with van der Waals surface area (Å²) in [4.78, 5) is 33.5. The van der Waals surface area contributed by atoms with Crippen LogP contribution in [0.4, 0.5) is 5.69 Å². The van der Waals surface area contributed by atoms with E-state index in [9.17, 15) is 14.4 Å². The van der Waals surface area contributed by atoms with Crippen molar-refractivity contribution >= 4 is 23.5 Å². The van der Waals surface area contributed by atoms with Gasteiger partial charge in [-0.1, -0.05) is 12.1 Å². The molecule has 1 aromatic rings. The summed E-state index contributed by atoms with van der Waals surface area (Å²) in [5, 5.41) is 11.7. The number of amides is 2. The van der Waals surface area contributed by atoms with E-state index in [-0.39, 0.29) is 6.42 Å². The first kappa shape index (κ1) is 16.6. The van der Waals surface area contributed by atoms with Crippen LogP contribution in [0.2, 0.25) is 0 Å². The first-order valence-corrected chi connectivity index (χ1v) is 6.33. The second-order valence-corrected chi connectivity index (χ2v) is 5.27. The fourth-order valence-corrected chi connectivity index (χ4v) is 1.64. The van der Waals surface area contributed by atoms with Gasteiger partial charge >= 0.3 is 5.97 Å². The fourth-order valence-electron chi connectivity index (χ4n) is 1.64. The van der Waals surface area contributed by atoms with Gasteiger partial charge in [-0.05, 0) is 31.5 Å². The molecule has 0 aliphatic carbocycles. The SMILES string of the molecule is CC(C)(C(=O)O)c1ccc(NC(=O)C(N)CC(N)=O)cc1. The van der Waals surface area contributed by atoms with E-state index in [2.05, 4.69) is 5.32 Å². The molecule has 7 heteroatoms. The highest BCUT2D eigenvalue weighted by molar-refractivity contribution is 5.97. The Kier molecular flexibility index (Phi) is 5.04. The van der Waals surface area contributed by atoms with Crippen molar-refractivity contribution in [2.45, 2.75) is 31.7 Å². The maximum Gasteiger partial charge on any atom is 0.313 e. The van der Waals surface area contributed by atoms with Crippen LogP contribution in [0.3, 0.4) is 0 Å². The van der Waals surface area contributed by atoms with E-state index in [1.807, 2.05) is 0 Å². The van der Waals surface area contributed by atoms with E-state index >= 15 is 0 Å². The predicted molar refractivity (Wildman–Crippen MR) is 77.5 cm³/mol. The molecule has 0 aromatic heterocycles. The lowest BCUT2D eigenvalue weighted by Crippen LogP contribution is -2.39. The van der Waals surface area contributed by atoms with Crippen molar-refractivity contribution in [3.05, 3.63) is 29.8 Å². The highest BCUT2D eigenvalue weighted by atomic mass is 16.4. The maximum atomic E-state index is 11.7. The van der Waals surface area contributed by atoms with Crippen LogP contribution in [0.15, 0.2) is 24.3 Å². The van der Waals surface area contributed by atoms with Gasteiger partial charge in [-0.25, -0.2) is 0 Å². The Labute approximate surface area is 122 Å². The largest absolute Gasteiger partial charge is 0.481 e. The number of benzene rings is 1. The van der Waals surface area contributed by atoms with E-state index in [4.69, 9.17) is 16.6 Å². The molecular formula is C14H19N3O4. The fraction of sp³-hybridized carbons (Fsp3) is 0.357. The van der Waals surface area contributed by atoms with Crippen molar-refractivity contribution in [1.82, 2.24) is 0 Å². The lowest BCUT2D eigenvalue weighted by molar-refractivity contribution is -0.142. The molecule has 1 unspecified atom stereocenters. The Morgan fingerprint density at radius 1 is 1.24 bits per heavy atom. The van der Waals surface area contributed by atoms with Gasteiger partial charge in [-0.3, -0.25) is 14.4 Å². The molecule has 114 valence electrons. The molecule has 1 rings (SSSR count). The van der Waals surface area contributed by atoms with E-state index in [0.29, 0.717) is 11.3 Å². The third-order valence-electron chi connectivity index (χ3n) is 3.17. The van der Waals surface area contributed by atoms with Crippen LogP contribution in [-0.2, 0) is 19.8 Å². The molecule has 0 radical (unpaired) electrons. The number of aliphatic carboxylic acids is 1. The normalized spacial score (nSPS) is 12.5. The Balaban J connectivity index is 2.78. The number of anilines is 1. The van der Waals surface area contributed by atoms with Crippen LogP contribution in [0, 0.1) is 0 Å². The number of nitrogens with two attached hydrogens (primary N) is 2. The van der Waals surface area contributed by atoms with Gasteiger partial charge in [-0.2, -0.15) is 0 Å². The molecule has 0 bridgehead atoms. The average molecular weight is 293 g/mol. The van der Waals surface area contributed by atoms with Crippen molar-refractivity contribution in [2.75, 3.05) is 5.32 Å². The Morgan fingerprint density at radius 3 is 2.19 bits per heavy atom. The van der Waals surface area contributed by atoms with Crippen molar-refractivity contribution in [2.24, 2.45) is 11.5 Å². The Morgan fingerprint density at radius 2 is 1.76 bits per heavy atom. The second kappa shape index (κ2) is 6.36. The summed E-state index contributed by atoms with van der Waals surface area (Å²) in [5.74, 6) is -2.13. The highest BCUT2D eigenvalue weighted by Gasteiger charge is 2.29. The number of hydrogen-bond donors (Lipinski definition) is 4. The second-order valence-electron chi connectivity index (χ2n) is 5.27. The van der Waals surface area contributed by atoms with Gasteiger partial charge < -0.3 is 21.9 Å². The summed E-state index contributed by atoms with van der Waals surface area (Å²) < 4.78 is 0. The summed E-state index contributed by atoms with van der Waals surface area (Å²) in [5.41, 5.74) is 10.5. The Hall–Kier alpha value is -2.41. The van der Waals surface area contributed by atoms with Crippen molar-refractivity contribution in [3.8, 4) is 0 Å². The molecule has 1 atom stereocenters. The van der Waals surface area contributed by atoms with Gasteiger partial charge in [0.15, 0.2) is 0 Å². The molecule has 1 aromatic carbocycles. The predicted octanol–water partition coefficient (Wildman–Crippen LogP) is 0.190. The molecule has 0 aliphatic rings. The summed E-state index contributed by atoms with van der Waals surface area (Å²) >= 11 is 0. The summed E-state index contributed by atoms with van der Waals surface area (Å²) in [7, 11) is 0. The first-order valence-electron chi connectivity index (χ1n) is 6.33. The number of carboxylic acid groups (broad SMARTS) is 1. The zero-order valence-corrected chi connectivity index (χ0v) is 11.9. The molecule has 0 heterocycles. The lowest BCUT2D eigenvalue weighted by Gasteiger charge is -2.20. The average Bonchev–Trinajstić information content (AvgIpc) is 2.38. The minimum Gasteiger partial charge on any atom is -0.481 e. The molecule has 0 fully saturated rings. The Bertz CT molecular complexity index is 552. The number of carbonyl (C=O) groups excluding carboxylic acids is 2. The monoisotopic (exact) mass is 293 g/mol. The van der Waals surface area contributed by atoms with Crippen LogP contribution in [-0.4, -0.2) is 28.9 Å². The van der Waals surface area contributed by atoms with Crippen molar-refractivity contribution < 1.29 is 19.5 Å². The van der Waals surface area contributed by atoms with Crippen LogP contribution < -0.4 is 16.8 Å². The third kappa shape index (κ3) is 4.28. The van der Waals surface area contributed by atoms with E-state index in [1.165, 1.54) is 0 Å². The number of hydrogen-bond acceptors (Lipinski definition) is 4. The number of nitrogens with one attached hydrogen (secondary N) is 1. The molecular weight excluding hydrogens is 274 g/mol. The van der Waals surface area contributed by atoms with Crippen LogP contribution in [0.25, 0.3) is 0 Å². The molecule has 0 saturated heterocycles. The summed E-state index contributed by atoms with van der Waals surface area (Å²) in [6.45, 7) is 3.18. The quantitative estimate of drug-likeness (QED) is 0.593. The lowest BCUT2D eigenvalue weighted by atomic mass is 9.85. The van der Waals surface area contributed by atoms with E-state index < -0.39 is 29.2 Å². The maximum absolute atomic E-state index is 11.7. The van der Waals surface area contributed by atoms with Gasteiger partial charge in [0.2, 0.25) is 11.8 Å². The molecule has 2 amide bonds. The van der Waals surface area contributed by atoms with Gasteiger partial charge in [0.05, 0.1) is 17.9 Å². The van der Waals surface area contributed by atoms with Crippen LogP contribution in [0.1, 0.15) is 25.8 Å². The van der Waals surface area contributed by atoms with Crippen molar-refractivity contribution in [3.63, 3.8) is 0 Å². The number of rotatable bonds is 6. The minimum atomic E-state index is -1.02. The number of carboxylic acids is 1. The van der Waals surface area contributed by atoms with Gasteiger partial charge in [-0.15, -0.1) is 0 Å². The molecule has 0 aliphatic heterocycles. The van der Waals surface area contributed by atoms with Crippen LogP contribution in [0.5, 0.6) is 0 Å². The summed E-state index contributed by atoms with van der Waals surface area (Å²) in [6, 6.07) is 5.37.